The van der Waals surface area contributed by atoms with Crippen molar-refractivity contribution in [2.24, 2.45) is 7.05 Å². The third kappa shape index (κ3) is 4.13. The summed E-state index contributed by atoms with van der Waals surface area (Å²) < 4.78 is 2.12. The van der Waals surface area contributed by atoms with Crippen LogP contribution in [0.15, 0.2) is 12.1 Å². The van der Waals surface area contributed by atoms with Crippen molar-refractivity contribution in [3.8, 4) is 0 Å². The number of aromatic nitrogens is 1. The first-order valence-corrected chi connectivity index (χ1v) is 6.75. The molecular weight excluding hydrogens is 226 g/mol. The van der Waals surface area contributed by atoms with Gasteiger partial charge in [0, 0.05) is 44.1 Å². The molecule has 0 N–H and O–H groups in total. The quantitative estimate of drug-likeness (QED) is 0.710. The summed E-state index contributed by atoms with van der Waals surface area (Å²) in [5.74, 6) is 0.609. The lowest BCUT2D eigenvalue weighted by molar-refractivity contribution is -0.119. The molecule has 3 heteroatoms. The molecule has 100 valence electrons. The van der Waals surface area contributed by atoms with Crippen LogP contribution in [0.25, 0.3) is 0 Å². The highest BCUT2D eigenvalue weighted by atomic mass is 16.1. The summed E-state index contributed by atoms with van der Waals surface area (Å²) in [5.41, 5.74) is 2.35. The van der Waals surface area contributed by atoms with E-state index in [2.05, 4.69) is 16.7 Å². The highest BCUT2D eigenvalue weighted by Gasteiger charge is 2.08. The van der Waals surface area contributed by atoms with Gasteiger partial charge in [0.25, 0.3) is 0 Å². The Morgan fingerprint density at radius 1 is 0.944 bits per heavy atom. The summed E-state index contributed by atoms with van der Waals surface area (Å²) >= 11 is 0. The molecule has 1 aromatic rings. The van der Waals surface area contributed by atoms with Crippen LogP contribution in [0.2, 0.25) is 0 Å². The van der Waals surface area contributed by atoms with Gasteiger partial charge in [-0.05, 0) is 25.0 Å². The minimum Gasteiger partial charge on any atom is -0.352 e. The standard InChI is InChI=1S/C15H23NO2/c1-4-14(17)10-8-12-6-7-13(16(12)3)9-11-15(18)5-2/h6-7H,4-5,8-11H2,1-3H3. The number of carbonyl (C=O) groups excluding carboxylic acids is 2. The topological polar surface area (TPSA) is 39.1 Å². The van der Waals surface area contributed by atoms with Crippen LogP contribution in [0.5, 0.6) is 0 Å². The number of hydrogen-bond acceptors (Lipinski definition) is 2. The van der Waals surface area contributed by atoms with Gasteiger partial charge in [0.15, 0.2) is 0 Å². The fraction of sp³-hybridized carbons (Fsp3) is 0.600. The average Bonchev–Trinajstić information content (AvgIpc) is 2.74. The summed E-state index contributed by atoms with van der Waals surface area (Å²) in [6.07, 6.45) is 4.05. The van der Waals surface area contributed by atoms with Crippen molar-refractivity contribution >= 4 is 11.6 Å². The number of Topliss-reactive ketones (excluding diaryl/α,β-unsaturated/α-hetero) is 2. The molecule has 0 radical (unpaired) electrons. The molecular formula is C15H23NO2. The van der Waals surface area contributed by atoms with E-state index in [4.69, 9.17) is 0 Å². The predicted molar refractivity (Wildman–Crippen MR) is 72.7 cm³/mol. The van der Waals surface area contributed by atoms with E-state index in [1.54, 1.807) is 0 Å². The zero-order chi connectivity index (χ0) is 13.5. The van der Waals surface area contributed by atoms with Gasteiger partial charge in [0.2, 0.25) is 0 Å². The largest absolute Gasteiger partial charge is 0.352 e. The monoisotopic (exact) mass is 249 g/mol. The fourth-order valence-electron chi connectivity index (χ4n) is 1.99. The zero-order valence-corrected chi connectivity index (χ0v) is 11.7. The molecule has 0 aliphatic rings. The zero-order valence-electron chi connectivity index (χ0n) is 11.7. The van der Waals surface area contributed by atoms with Crippen molar-refractivity contribution in [1.29, 1.82) is 0 Å². The molecule has 0 bridgehead atoms. The summed E-state index contributed by atoms with van der Waals surface area (Å²) in [4.78, 5) is 22.6. The molecule has 1 rings (SSSR count). The van der Waals surface area contributed by atoms with Crippen molar-refractivity contribution in [2.75, 3.05) is 0 Å². The maximum Gasteiger partial charge on any atom is 0.133 e. The van der Waals surface area contributed by atoms with Crippen molar-refractivity contribution in [1.82, 2.24) is 4.57 Å². The van der Waals surface area contributed by atoms with Crippen molar-refractivity contribution in [3.05, 3.63) is 23.5 Å². The number of carbonyl (C=O) groups is 2. The summed E-state index contributed by atoms with van der Waals surface area (Å²) in [5, 5.41) is 0. The van der Waals surface area contributed by atoms with Crippen molar-refractivity contribution in [2.45, 2.75) is 52.4 Å². The van der Waals surface area contributed by atoms with Crippen LogP contribution in [0, 0.1) is 0 Å². The Morgan fingerprint density at radius 2 is 1.33 bits per heavy atom. The van der Waals surface area contributed by atoms with Gasteiger partial charge in [0.1, 0.15) is 11.6 Å². The number of hydrogen-bond donors (Lipinski definition) is 0. The van der Waals surface area contributed by atoms with Crippen LogP contribution in [-0.4, -0.2) is 16.1 Å². The van der Waals surface area contributed by atoms with Crippen LogP contribution in [0.4, 0.5) is 0 Å². The van der Waals surface area contributed by atoms with E-state index >= 15 is 0 Å². The molecule has 0 fully saturated rings. The number of nitrogens with zero attached hydrogens (tertiary/aromatic N) is 1. The van der Waals surface area contributed by atoms with Crippen LogP contribution in [0.3, 0.4) is 0 Å². The second kappa shape index (κ2) is 7.14. The van der Waals surface area contributed by atoms with Gasteiger partial charge >= 0.3 is 0 Å². The normalized spacial score (nSPS) is 10.6. The highest BCUT2D eigenvalue weighted by molar-refractivity contribution is 5.78. The van der Waals surface area contributed by atoms with Crippen LogP contribution < -0.4 is 0 Å². The van der Waals surface area contributed by atoms with Crippen LogP contribution >= 0.6 is 0 Å². The molecule has 0 amide bonds. The molecule has 0 saturated heterocycles. The van der Waals surface area contributed by atoms with Gasteiger partial charge in [-0.3, -0.25) is 9.59 Å². The Morgan fingerprint density at radius 3 is 1.67 bits per heavy atom. The maximum absolute atomic E-state index is 11.3. The maximum atomic E-state index is 11.3. The Labute approximate surface area is 109 Å². The smallest absolute Gasteiger partial charge is 0.133 e. The molecule has 0 atom stereocenters. The summed E-state index contributed by atoms with van der Waals surface area (Å²) in [7, 11) is 2.01. The van der Waals surface area contributed by atoms with Gasteiger partial charge in [-0.15, -0.1) is 0 Å². The van der Waals surface area contributed by atoms with Gasteiger partial charge in [0.05, 0.1) is 0 Å². The predicted octanol–water partition coefficient (Wildman–Crippen LogP) is 2.85. The first kappa shape index (κ1) is 14.7. The summed E-state index contributed by atoms with van der Waals surface area (Å²) in [6.45, 7) is 3.80. The van der Waals surface area contributed by atoms with E-state index in [-0.39, 0.29) is 0 Å². The first-order valence-electron chi connectivity index (χ1n) is 6.75. The number of ketones is 2. The molecule has 3 nitrogen and oxygen atoms in total. The third-order valence-electron chi connectivity index (χ3n) is 3.44. The van der Waals surface area contributed by atoms with Gasteiger partial charge < -0.3 is 4.57 Å². The van der Waals surface area contributed by atoms with E-state index in [9.17, 15) is 9.59 Å². The third-order valence-corrected chi connectivity index (χ3v) is 3.44. The molecule has 1 aromatic heterocycles. The Hall–Kier alpha value is -1.38. The van der Waals surface area contributed by atoms with Crippen molar-refractivity contribution in [3.63, 3.8) is 0 Å². The number of aryl methyl sites for hydroxylation is 2. The Kier molecular flexibility index (Phi) is 5.83. The molecule has 0 aliphatic carbocycles. The van der Waals surface area contributed by atoms with Crippen molar-refractivity contribution < 1.29 is 9.59 Å². The van der Waals surface area contributed by atoms with Gasteiger partial charge in [-0.1, -0.05) is 13.8 Å². The lowest BCUT2D eigenvalue weighted by Crippen LogP contribution is -2.06. The van der Waals surface area contributed by atoms with E-state index in [0.29, 0.717) is 37.2 Å². The molecule has 0 unspecified atom stereocenters. The lowest BCUT2D eigenvalue weighted by atomic mass is 10.1. The second-order valence-electron chi connectivity index (χ2n) is 4.66. The van der Waals surface area contributed by atoms with E-state index in [1.807, 2.05) is 20.9 Å². The van der Waals surface area contributed by atoms with Crippen LogP contribution in [0.1, 0.15) is 50.9 Å². The Bertz CT molecular complexity index is 381. The minimum absolute atomic E-state index is 0.305. The highest BCUT2D eigenvalue weighted by Crippen LogP contribution is 2.12. The molecule has 18 heavy (non-hydrogen) atoms. The average molecular weight is 249 g/mol. The molecule has 0 spiro atoms. The second-order valence-corrected chi connectivity index (χ2v) is 4.66. The van der Waals surface area contributed by atoms with Crippen LogP contribution in [-0.2, 0) is 29.5 Å². The first-order chi connectivity index (χ1) is 8.58. The van der Waals surface area contributed by atoms with E-state index in [0.717, 1.165) is 12.8 Å². The van der Waals surface area contributed by atoms with Gasteiger partial charge in [-0.25, -0.2) is 0 Å². The molecule has 1 heterocycles. The fourth-order valence-corrected chi connectivity index (χ4v) is 1.99. The summed E-state index contributed by atoms with van der Waals surface area (Å²) in [6, 6.07) is 4.13. The SMILES string of the molecule is CCC(=O)CCc1ccc(CCC(=O)CC)n1C. The number of rotatable bonds is 8. The molecule has 0 aliphatic heterocycles. The molecule has 0 saturated carbocycles. The Balaban J connectivity index is 2.55. The van der Waals surface area contributed by atoms with E-state index < -0.39 is 0 Å². The minimum atomic E-state index is 0.305. The molecule has 0 aromatic carbocycles. The lowest BCUT2D eigenvalue weighted by Gasteiger charge is -2.07. The van der Waals surface area contributed by atoms with E-state index in [1.165, 1.54) is 11.4 Å². The van der Waals surface area contributed by atoms with Gasteiger partial charge in [-0.2, -0.15) is 0 Å².